The third-order valence-corrected chi connectivity index (χ3v) is 5.26. The molecule has 0 saturated heterocycles. The average molecular weight is 365 g/mol. The smallest absolute Gasteiger partial charge is 0.145 e. The zero-order chi connectivity index (χ0) is 19.3. The van der Waals surface area contributed by atoms with Crippen LogP contribution in [0.4, 0.5) is 0 Å². The first-order valence-corrected chi connectivity index (χ1v) is 9.78. The number of nitrogens with zero attached hydrogens (tertiary/aromatic N) is 1. The van der Waals surface area contributed by atoms with Crippen LogP contribution in [0.1, 0.15) is 26.3 Å². The number of aromatic nitrogens is 1. The van der Waals surface area contributed by atoms with E-state index in [0.717, 1.165) is 34.2 Å². The number of hydrogen-bond acceptors (Lipinski definition) is 2. The van der Waals surface area contributed by atoms with Gasteiger partial charge in [-0.3, -0.25) is 4.98 Å². The lowest BCUT2D eigenvalue weighted by Crippen LogP contribution is -2.09. The van der Waals surface area contributed by atoms with E-state index in [4.69, 9.17) is 4.42 Å². The van der Waals surface area contributed by atoms with Gasteiger partial charge in [0.15, 0.2) is 0 Å². The van der Waals surface area contributed by atoms with Crippen LogP contribution in [0.2, 0.25) is 0 Å². The van der Waals surface area contributed by atoms with Gasteiger partial charge in [-0.25, -0.2) is 0 Å². The highest BCUT2D eigenvalue weighted by atomic mass is 16.3. The van der Waals surface area contributed by atoms with Crippen molar-refractivity contribution in [3.8, 4) is 11.3 Å². The number of furan rings is 1. The molecule has 0 N–H and O–H groups in total. The fourth-order valence-electron chi connectivity index (χ4n) is 4.12. The molecule has 0 spiro atoms. The van der Waals surface area contributed by atoms with Gasteiger partial charge in [-0.05, 0) is 47.1 Å². The molecule has 0 aliphatic rings. The molecule has 28 heavy (non-hydrogen) atoms. The van der Waals surface area contributed by atoms with E-state index in [1.165, 1.54) is 21.7 Å². The molecule has 0 aliphatic carbocycles. The highest BCUT2D eigenvalue weighted by Crippen LogP contribution is 2.41. The summed E-state index contributed by atoms with van der Waals surface area (Å²) < 4.78 is 6.57. The number of pyridine rings is 1. The number of fused-ring (bicyclic) bond motifs is 5. The Morgan fingerprint density at radius 1 is 0.786 bits per heavy atom. The lowest BCUT2D eigenvalue weighted by Gasteiger charge is -2.19. The van der Waals surface area contributed by atoms with Crippen molar-refractivity contribution in [3.05, 3.63) is 78.5 Å². The standard InChI is InChI=1S/C26H23NO/c1-26(2,3)16-18-12-13-20(22-10-6-7-15-27-22)25-23(18)21-14-11-17-8-4-5-9-19(17)24(21)28-25/h4-15H,16H2,1-3H3. The maximum atomic E-state index is 6.57. The molecule has 0 atom stereocenters. The molecule has 5 rings (SSSR count). The van der Waals surface area contributed by atoms with Gasteiger partial charge in [0, 0.05) is 27.9 Å². The Kier molecular flexibility index (Phi) is 3.77. The van der Waals surface area contributed by atoms with Crippen LogP contribution in [0.25, 0.3) is 44.0 Å². The molecular weight excluding hydrogens is 342 g/mol. The van der Waals surface area contributed by atoms with Crippen molar-refractivity contribution in [1.29, 1.82) is 0 Å². The van der Waals surface area contributed by atoms with Crippen molar-refractivity contribution < 1.29 is 4.42 Å². The molecule has 2 aromatic heterocycles. The molecule has 2 heterocycles. The summed E-state index contributed by atoms with van der Waals surface area (Å²) in [5.41, 5.74) is 5.42. The summed E-state index contributed by atoms with van der Waals surface area (Å²) in [6.45, 7) is 6.84. The summed E-state index contributed by atoms with van der Waals surface area (Å²) in [4.78, 5) is 4.58. The fourth-order valence-corrected chi connectivity index (χ4v) is 4.12. The maximum absolute atomic E-state index is 6.57. The van der Waals surface area contributed by atoms with Crippen LogP contribution >= 0.6 is 0 Å². The monoisotopic (exact) mass is 365 g/mol. The second kappa shape index (κ2) is 6.20. The van der Waals surface area contributed by atoms with Crippen LogP contribution in [0.5, 0.6) is 0 Å². The second-order valence-electron chi connectivity index (χ2n) is 8.69. The summed E-state index contributed by atoms with van der Waals surface area (Å²) in [5, 5.41) is 4.76. The minimum atomic E-state index is 0.194. The highest BCUT2D eigenvalue weighted by Gasteiger charge is 2.21. The minimum Gasteiger partial charge on any atom is -0.455 e. The van der Waals surface area contributed by atoms with Crippen molar-refractivity contribution in [2.45, 2.75) is 27.2 Å². The quantitative estimate of drug-likeness (QED) is 0.326. The summed E-state index contributed by atoms with van der Waals surface area (Å²) in [7, 11) is 0. The van der Waals surface area contributed by atoms with Gasteiger partial charge in [0.1, 0.15) is 11.2 Å². The van der Waals surface area contributed by atoms with Crippen LogP contribution < -0.4 is 0 Å². The van der Waals surface area contributed by atoms with E-state index in [0.29, 0.717) is 0 Å². The number of benzene rings is 3. The number of rotatable bonds is 2. The van der Waals surface area contributed by atoms with Crippen molar-refractivity contribution in [2.75, 3.05) is 0 Å². The topological polar surface area (TPSA) is 26.0 Å². The molecule has 2 heteroatoms. The third kappa shape index (κ3) is 2.77. The molecule has 3 aromatic carbocycles. The van der Waals surface area contributed by atoms with E-state index in [1.54, 1.807) is 0 Å². The fraction of sp³-hybridized carbons (Fsp3) is 0.192. The third-order valence-electron chi connectivity index (χ3n) is 5.26. The van der Waals surface area contributed by atoms with Gasteiger partial charge < -0.3 is 4.42 Å². The molecule has 138 valence electrons. The first-order valence-electron chi connectivity index (χ1n) is 9.78. The molecule has 0 amide bonds. The van der Waals surface area contributed by atoms with Gasteiger partial charge in [-0.2, -0.15) is 0 Å². The van der Waals surface area contributed by atoms with Crippen molar-refractivity contribution in [1.82, 2.24) is 4.98 Å². The van der Waals surface area contributed by atoms with Gasteiger partial charge in [0.05, 0.1) is 5.69 Å². The van der Waals surface area contributed by atoms with Gasteiger partial charge in [0.25, 0.3) is 0 Å². The largest absolute Gasteiger partial charge is 0.455 e. The van der Waals surface area contributed by atoms with Crippen LogP contribution in [-0.2, 0) is 6.42 Å². The van der Waals surface area contributed by atoms with Crippen LogP contribution in [-0.4, -0.2) is 4.98 Å². The van der Waals surface area contributed by atoms with Crippen molar-refractivity contribution in [2.24, 2.45) is 5.41 Å². The maximum Gasteiger partial charge on any atom is 0.145 e. The average Bonchev–Trinajstić information content (AvgIpc) is 3.08. The van der Waals surface area contributed by atoms with E-state index in [9.17, 15) is 0 Å². The lowest BCUT2D eigenvalue weighted by molar-refractivity contribution is 0.412. The van der Waals surface area contributed by atoms with E-state index >= 15 is 0 Å². The Labute approximate surface area is 164 Å². The van der Waals surface area contributed by atoms with E-state index in [-0.39, 0.29) is 5.41 Å². The predicted molar refractivity (Wildman–Crippen MR) is 118 cm³/mol. The Balaban J connectivity index is 1.92. The van der Waals surface area contributed by atoms with E-state index < -0.39 is 0 Å². The van der Waals surface area contributed by atoms with Crippen molar-refractivity contribution >= 4 is 32.7 Å². The van der Waals surface area contributed by atoms with Gasteiger partial charge in [-0.15, -0.1) is 0 Å². The Morgan fingerprint density at radius 2 is 1.61 bits per heavy atom. The molecule has 5 aromatic rings. The zero-order valence-corrected chi connectivity index (χ0v) is 16.5. The van der Waals surface area contributed by atoms with E-state index in [1.807, 2.05) is 24.4 Å². The number of hydrogen-bond donors (Lipinski definition) is 0. The normalized spacial score (nSPS) is 12.2. The molecule has 0 saturated carbocycles. The predicted octanol–water partition coefficient (Wildman–Crippen LogP) is 7.39. The summed E-state index contributed by atoms with van der Waals surface area (Å²) in [5.74, 6) is 0. The summed E-state index contributed by atoms with van der Waals surface area (Å²) in [6.07, 6.45) is 2.83. The zero-order valence-electron chi connectivity index (χ0n) is 16.5. The van der Waals surface area contributed by atoms with Crippen molar-refractivity contribution in [3.63, 3.8) is 0 Å². The Morgan fingerprint density at radius 3 is 2.39 bits per heavy atom. The van der Waals surface area contributed by atoms with Crippen LogP contribution in [0.3, 0.4) is 0 Å². The van der Waals surface area contributed by atoms with E-state index in [2.05, 4.69) is 74.3 Å². The summed E-state index contributed by atoms with van der Waals surface area (Å²) in [6, 6.07) is 23.3. The first-order chi connectivity index (χ1) is 13.5. The summed E-state index contributed by atoms with van der Waals surface area (Å²) >= 11 is 0. The highest BCUT2D eigenvalue weighted by molar-refractivity contribution is 6.18. The Hall–Kier alpha value is -3.13. The van der Waals surface area contributed by atoms with Crippen LogP contribution in [0.15, 0.2) is 77.3 Å². The lowest BCUT2D eigenvalue weighted by atomic mass is 9.85. The molecule has 0 aliphatic heterocycles. The molecule has 0 bridgehead atoms. The SMILES string of the molecule is CC(C)(C)Cc1ccc(-c2ccccn2)c2oc3c4ccccc4ccc3c12. The first kappa shape index (κ1) is 17.0. The molecule has 0 fully saturated rings. The second-order valence-corrected chi connectivity index (χ2v) is 8.69. The van der Waals surface area contributed by atoms with Gasteiger partial charge in [0.2, 0.25) is 0 Å². The Bertz CT molecular complexity index is 1310. The van der Waals surface area contributed by atoms with Gasteiger partial charge >= 0.3 is 0 Å². The minimum absolute atomic E-state index is 0.194. The van der Waals surface area contributed by atoms with Crippen LogP contribution in [0, 0.1) is 5.41 Å². The molecule has 0 unspecified atom stereocenters. The molecule has 0 radical (unpaired) electrons. The molecule has 2 nitrogen and oxygen atoms in total. The van der Waals surface area contributed by atoms with Gasteiger partial charge in [-0.1, -0.05) is 63.2 Å². The molecular formula is C26H23NO.